The Morgan fingerprint density at radius 3 is 2.47 bits per heavy atom. The predicted octanol–water partition coefficient (Wildman–Crippen LogP) is 5.81. The Bertz CT molecular complexity index is 1090. The van der Waals surface area contributed by atoms with Crippen LogP contribution in [0.4, 0.5) is 22.0 Å². The molecule has 2 aromatic carbocycles. The molecule has 4 rings (SSSR count). The topological polar surface area (TPSA) is 69.3 Å². The molecular formula is C25H30ClN5O. The van der Waals surface area contributed by atoms with E-state index < -0.39 is 0 Å². The van der Waals surface area contributed by atoms with E-state index in [9.17, 15) is 4.79 Å². The van der Waals surface area contributed by atoms with Crippen LogP contribution in [-0.4, -0.2) is 37.2 Å². The van der Waals surface area contributed by atoms with Gasteiger partial charge in [0.2, 0.25) is 0 Å². The molecule has 3 N–H and O–H groups in total. The second kappa shape index (κ2) is 9.65. The van der Waals surface area contributed by atoms with Crippen molar-refractivity contribution >= 4 is 45.7 Å². The Labute approximate surface area is 194 Å². The van der Waals surface area contributed by atoms with Crippen LogP contribution < -0.4 is 20.9 Å². The molecule has 0 radical (unpaired) electrons. The molecule has 7 heteroatoms. The largest absolute Gasteiger partial charge is 0.377 e. The quantitative estimate of drug-likeness (QED) is 0.458. The first kappa shape index (κ1) is 22.2. The molecule has 2 amide bonds. The number of carbonyl (C=O) groups excluding carboxylic acids is 1. The molecule has 3 aromatic rings. The number of nitrogens with one attached hydrogen (secondary N) is 3. The first-order valence-corrected chi connectivity index (χ1v) is 11.4. The number of urea groups is 1. The molecule has 0 saturated heterocycles. The van der Waals surface area contributed by atoms with Crippen molar-refractivity contribution in [3.8, 4) is 0 Å². The van der Waals surface area contributed by atoms with Crippen molar-refractivity contribution in [3.05, 3.63) is 59.1 Å². The lowest BCUT2D eigenvalue weighted by Gasteiger charge is -2.30. The van der Waals surface area contributed by atoms with Gasteiger partial charge in [0, 0.05) is 43.3 Å². The number of carbonyl (C=O) groups is 1. The summed E-state index contributed by atoms with van der Waals surface area (Å²) < 4.78 is 0. The van der Waals surface area contributed by atoms with E-state index in [0.717, 1.165) is 53.7 Å². The minimum absolute atomic E-state index is 0.151. The Balaban J connectivity index is 1.34. The fourth-order valence-corrected chi connectivity index (χ4v) is 4.59. The number of halogens is 1. The fraction of sp³-hybridized carbons (Fsp3) is 0.360. The molecule has 1 heterocycles. The van der Waals surface area contributed by atoms with Crippen molar-refractivity contribution in [2.45, 2.75) is 44.7 Å². The lowest BCUT2D eigenvalue weighted by atomic mass is 9.91. The van der Waals surface area contributed by atoms with Crippen molar-refractivity contribution in [2.75, 3.05) is 29.6 Å². The van der Waals surface area contributed by atoms with Crippen molar-refractivity contribution in [2.24, 2.45) is 0 Å². The third-order valence-corrected chi connectivity index (χ3v) is 6.37. The van der Waals surface area contributed by atoms with Crippen LogP contribution in [0.25, 0.3) is 10.9 Å². The maximum Gasteiger partial charge on any atom is 0.319 e. The molecule has 1 fully saturated rings. The molecule has 0 bridgehead atoms. The Morgan fingerprint density at radius 1 is 1.03 bits per heavy atom. The van der Waals surface area contributed by atoms with Crippen LogP contribution in [0.1, 0.15) is 31.2 Å². The van der Waals surface area contributed by atoms with E-state index in [0.29, 0.717) is 16.8 Å². The van der Waals surface area contributed by atoms with Crippen molar-refractivity contribution in [1.29, 1.82) is 0 Å². The molecule has 0 atom stereocenters. The minimum atomic E-state index is -0.204. The number of aromatic nitrogens is 1. The zero-order valence-corrected chi connectivity index (χ0v) is 19.5. The van der Waals surface area contributed by atoms with Crippen LogP contribution in [0.3, 0.4) is 0 Å². The molecule has 1 saturated carbocycles. The van der Waals surface area contributed by atoms with E-state index >= 15 is 0 Å². The van der Waals surface area contributed by atoms with E-state index in [1.54, 1.807) is 6.07 Å². The van der Waals surface area contributed by atoms with Gasteiger partial charge in [-0.2, -0.15) is 0 Å². The van der Waals surface area contributed by atoms with Crippen LogP contribution in [0.2, 0.25) is 5.02 Å². The molecule has 1 aliphatic carbocycles. The summed E-state index contributed by atoms with van der Waals surface area (Å²) >= 11 is 6.22. The molecule has 0 unspecified atom stereocenters. The summed E-state index contributed by atoms with van der Waals surface area (Å²) in [5, 5.41) is 11.3. The second-order valence-electron chi connectivity index (χ2n) is 8.66. The highest BCUT2D eigenvalue weighted by atomic mass is 35.5. The highest BCUT2D eigenvalue weighted by Gasteiger charge is 2.23. The third kappa shape index (κ3) is 5.07. The number of hydrogen-bond donors (Lipinski definition) is 3. The summed E-state index contributed by atoms with van der Waals surface area (Å²) in [6, 6.07) is 16.2. The molecular weight excluding hydrogens is 422 g/mol. The summed E-state index contributed by atoms with van der Waals surface area (Å²) in [4.78, 5) is 19.4. The van der Waals surface area contributed by atoms with Gasteiger partial charge in [-0.3, -0.25) is 0 Å². The summed E-state index contributed by atoms with van der Waals surface area (Å²) in [7, 11) is 4.11. The highest BCUT2D eigenvalue weighted by molar-refractivity contribution is 6.33. The van der Waals surface area contributed by atoms with E-state index in [2.05, 4.69) is 47.1 Å². The van der Waals surface area contributed by atoms with Crippen molar-refractivity contribution < 1.29 is 4.79 Å². The first-order chi connectivity index (χ1) is 15.4. The number of pyridine rings is 1. The summed E-state index contributed by atoms with van der Waals surface area (Å²) in [6.07, 6.45) is 3.78. The Kier molecular flexibility index (Phi) is 6.70. The maximum absolute atomic E-state index is 12.5. The van der Waals surface area contributed by atoms with Gasteiger partial charge in [-0.25, -0.2) is 9.78 Å². The number of fused-ring (bicyclic) bond motifs is 1. The SMILES string of the molecule is Cc1cccc(Cl)c1NC(=O)NC1CCC(Nc2cc(N(C)C)c3ccccc3n2)CC1. The van der Waals surface area contributed by atoms with Gasteiger partial charge < -0.3 is 20.9 Å². The third-order valence-electron chi connectivity index (χ3n) is 6.05. The van der Waals surface area contributed by atoms with E-state index in [1.165, 1.54) is 0 Å². The lowest BCUT2D eigenvalue weighted by Crippen LogP contribution is -2.42. The summed E-state index contributed by atoms with van der Waals surface area (Å²) in [5.74, 6) is 0.899. The van der Waals surface area contributed by atoms with E-state index in [4.69, 9.17) is 16.6 Å². The van der Waals surface area contributed by atoms with Crippen LogP contribution in [0.5, 0.6) is 0 Å². The zero-order valence-electron chi connectivity index (χ0n) is 18.8. The predicted molar refractivity (Wildman–Crippen MR) is 134 cm³/mol. The number of hydrogen-bond acceptors (Lipinski definition) is 4. The van der Waals surface area contributed by atoms with E-state index in [-0.39, 0.29) is 12.1 Å². The molecule has 32 heavy (non-hydrogen) atoms. The van der Waals surface area contributed by atoms with Crippen LogP contribution in [0.15, 0.2) is 48.5 Å². The first-order valence-electron chi connectivity index (χ1n) is 11.1. The van der Waals surface area contributed by atoms with Gasteiger partial charge in [0.1, 0.15) is 5.82 Å². The summed E-state index contributed by atoms with van der Waals surface area (Å²) in [5.41, 5.74) is 3.75. The molecule has 0 spiro atoms. The zero-order chi connectivity index (χ0) is 22.7. The van der Waals surface area contributed by atoms with Crippen LogP contribution in [-0.2, 0) is 0 Å². The molecule has 1 aromatic heterocycles. The Hall–Kier alpha value is -2.99. The van der Waals surface area contributed by atoms with Crippen molar-refractivity contribution in [3.63, 3.8) is 0 Å². The molecule has 0 aliphatic heterocycles. The van der Waals surface area contributed by atoms with Gasteiger partial charge >= 0.3 is 6.03 Å². The van der Waals surface area contributed by atoms with Gasteiger partial charge in [-0.15, -0.1) is 0 Å². The van der Waals surface area contributed by atoms with Crippen molar-refractivity contribution in [1.82, 2.24) is 10.3 Å². The van der Waals surface area contributed by atoms with Gasteiger partial charge in [-0.1, -0.05) is 41.9 Å². The number of anilines is 3. The van der Waals surface area contributed by atoms with E-state index in [1.807, 2.05) is 37.3 Å². The number of rotatable bonds is 5. The normalized spacial score (nSPS) is 18.2. The second-order valence-corrected chi connectivity index (χ2v) is 9.07. The fourth-order valence-electron chi connectivity index (χ4n) is 4.32. The van der Waals surface area contributed by atoms with Gasteiger partial charge in [0.15, 0.2) is 0 Å². The number of amides is 2. The number of nitrogens with zero attached hydrogens (tertiary/aromatic N) is 2. The average Bonchev–Trinajstić information content (AvgIpc) is 2.77. The Morgan fingerprint density at radius 2 is 1.75 bits per heavy atom. The number of aryl methyl sites for hydroxylation is 1. The average molecular weight is 452 g/mol. The smallest absolute Gasteiger partial charge is 0.319 e. The lowest BCUT2D eigenvalue weighted by molar-refractivity contribution is 0.243. The highest BCUT2D eigenvalue weighted by Crippen LogP contribution is 2.29. The van der Waals surface area contributed by atoms with Crippen LogP contribution >= 0.6 is 11.6 Å². The van der Waals surface area contributed by atoms with Gasteiger partial charge in [0.05, 0.1) is 16.2 Å². The standard InChI is InChI=1S/C25H30ClN5O/c1-16-7-6-9-20(26)24(16)30-25(32)28-18-13-11-17(12-14-18)27-23-15-22(31(2)3)19-8-4-5-10-21(19)29-23/h4-10,15,17-18H,11-14H2,1-3H3,(H,27,29)(H2,28,30,32). The number of para-hydroxylation sites is 2. The molecule has 1 aliphatic rings. The maximum atomic E-state index is 12.5. The van der Waals surface area contributed by atoms with Gasteiger partial charge in [0.25, 0.3) is 0 Å². The van der Waals surface area contributed by atoms with Gasteiger partial charge in [-0.05, 0) is 50.3 Å². The minimum Gasteiger partial charge on any atom is -0.377 e. The number of benzene rings is 2. The summed E-state index contributed by atoms with van der Waals surface area (Å²) in [6.45, 7) is 1.93. The molecule has 168 valence electrons. The van der Waals surface area contributed by atoms with Crippen LogP contribution in [0, 0.1) is 6.92 Å². The molecule has 6 nitrogen and oxygen atoms in total. The monoisotopic (exact) mass is 451 g/mol.